The second-order valence-electron chi connectivity index (χ2n) is 9.93. The van der Waals surface area contributed by atoms with E-state index in [2.05, 4.69) is 5.32 Å². The molecule has 2 heterocycles. The number of phenolic OH excluding ortho intramolecular Hbond substituents is 1. The lowest BCUT2D eigenvalue weighted by Gasteiger charge is -2.45. The lowest BCUT2D eigenvalue weighted by molar-refractivity contribution is -0.195. The number of aromatic hydroxyl groups is 1. The molecule has 0 aliphatic carbocycles. The summed E-state index contributed by atoms with van der Waals surface area (Å²) in [5.74, 6) is -0.121. The molecule has 0 spiro atoms. The molecule has 0 aromatic heterocycles. The lowest BCUT2D eigenvalue weighted by Crippen LogP contribution is -2.52. The number of fused-ring (bicyclic) bond motifs is 1. The summed E-state index contributed by atoms with van der Waals surface area (Å²) < 4.78 is 16.8. The third-order valence-corrected chi connectivity index (χ3v) is 7.06. The van der Waals surface area contributed by atoms with Crippen LogP contribution in [-0.4, -0.2) is 58.9 Å². The normalized spacial score (nSPS) is 30.1. The van der Waals surface area contributed by atoms with Gasteiger partial charge in [0.15, 0.2) is 11.7 Å². The Morgan fingerprint density at radius 3 is 2.40 bits per heavy atom. The minimum atomic E-state index is -1.95. The van der Waals surface area contributed by atoms with Crippen molar-refractivity contribution in [2.24, 2.45) is 0 Å². The van der Waals surface area contributed by atoms with Crippen LogP contribution < -0.4 is 10.1 Å². The summed E-state index contributed by atoms with van der Waals surface area (Å²) in [5, 5.41) is 36.3. The molecular weight excluding hydrogens is 450 g/mol. The second-order valence-corrected chi connectivity index (χ2v) is 9.93. The molecule has 8 nitrogen and oxygen atoms in total. The number of hydrogen-bond acceptors (Lipinski definition) is 7. The maximum Gasteiger partial charge on any atom is 0.257 e. The van der Waals surface area contributed by atoms with Crippen molar-refractivity contribution in [2.75, 3.05) is 19.5 Å². The van der Waals surface area contributed by atoms with Gasteiger partial charge in [-0.25, -0.2) is 0 Å². The van der Waals surface area contributed by atoms with Crippen LogP contribution in [0.15, 0.2) is 42.5 Å². The number of hydrogen-bond donors (Lipinski definition) is 4. The number of benzene rings is 2. The highest BCUT2D eigenvalue weighted by molar-refractivity contribution is 6.00. The predicted molar refractivity (Wildman–Crippen MR) is 131 cm³/mol. The van der Waals surface area contributed by atoms with Crippen molar-refractivity contribution in [3.8, 4) is 11.5 Å². The minimum Gasteiger partial charge on any atom is -0.507 e. The predicted octanol–water partition coefficient (Wildman–Crippen LogP) is 3.33. The van der Waals surface area contributed by atoms with E-state index in [4.69, 9.17) is 14.2 Å². The van der Waals surface area contributed by atoms with Crippen molar-refractivity contribution in [3.63, 3.8) is 0 Å². The molecule has 1 fully saturated rings. The fraction of sp³-hybridized carbons (Fsp3) is 0.444. The van der Waals surface area contributed by atoms with Crippen LogP contribution in [0, 0.1) is 0 Å². The lowest BCUT2D eigenvalue weighted by atomic mass is 9.76. The van der Waals surface area contributed by atoms with Crippen LogP contribution in [0.4, 0.5) is 5.69 Å². The van der Waals surface area contributed by atoms with E-state index in [1.807, 2.05) is 26.8 Å². The highest BCUT2D eigenvalue weighted by Gasteiger charge is 2.51. The molecule has 0 saturated carbocycles. The van der Waals surface area contributed by atoms with Gasteiger partial charge in [-0.1, -0.05) is 24.3 Å². The van der Waals surface area contributed by atoms with Gasteiger partial charge in [-0.05, 0) is 63.4 Å². The Labute approximate surface area is 205 Å². The maximum absolute atomic E-state index is 12.8. The Bertz CT molecular complexity index is 1140. The van der Waals surface area contributed by atoms with Gasteiger partial charge in [0.05, 0.1) is 35.7 Å². The summed E-state index contributed by atoms with van der Waals surface area (Å²) in [7, 11) is 2.87. The van der Waals surface area contributed by atoms with Gasteiger partial charge in [0.25, 0.3) is 5.91 Å². The first-order chi connectivity index (χ1) is 16.4. The first kappa shape index (κ1) is 25.2. The zero-order chi connectivity index (χ0) is 25.6. The Balaban J connectivity index is 1.80. The number of carbonyl (C=O) groups excluding carboxylic acids is 1. The molecule has 1 amide bonds. The van der Waals surface area contributed by atoms with Gasteiger partial charge < -0.3 is 34.8 Å². The summed E-state index contributed by atoms with van der Waals surface area (Å²) in [5.41, 5.74) is -2.07. The Kier molecular flexibility index (Phi) is 6.44. The first-order valence-corrected chi connectivity index (χ1v) is 11.6. The monoisotopic (exact) mass is 483 g/mol. The van der Waals surface area contributed by atoms with Crippen molar-refractivity contribution in [3.05, 3.63) is 59.2 Å². The molecule has 0 bridgehead atoms. The number of methoxy groups -OCH3 is 2. The topological polar surface area (TPSA) is 117 Å². The molecule has 0 radical (unpaired) electrons. The summed E-state index contributed by atoms with van der Waals surface area (Å²) in [4.78, 5) is 12.8. The minimum absolute atomic E-state index is 0.140. The molecule has 1 saturated heterocycles. The van der Waals surface area contributed by atoms with Gasteiger partial charge in [-0.3, -0.25) is 4.79 Å². The Morgan fingerprint density at radius 1 is 1.11 bits per heavy atom. The number of nitrogens with one attached hydrogen (secondary N) is 1. The fourth-order valence-electron chi connectivity index (χ4n) is 5.04. The molecule has 35 heavy (non-hydrogen) atoms. The standard InChI is InChI=1S/C27H33NO7/c1-25(2)20(29)13-15-26(3,35-25)14-12-16-6-11-19-21(22(16)30)27(32,23(34-5)24(31)28-19)17-7-9-18(33-4)10-8-17/h6-12,14,20,23,29-30,32H,13,15H2,1-5H3,(H,28,31)/b14-12+/t20-,23+,26-,27-/m1/s1. The number of carbonyl (C=O) groups is 1. The van der Waals surface area contributed by atoms with Crippen molar-refractivity contribution < 1.29 is 34.3 Å². The second kappa shape index (κ2) is 8.95. The average molecular weight is 484 g/mol. The van der Waals surface area contributed by atoms with Gasteiger partial charge in [0.2, 0.25) is 0 Å². The number of ether oxygens (including phenoxy) is 3. The number of phenols is 1. The van der Waals surface area contributed by atoms with E-state index in [0.717, 1.165) is 0 Å². The molecule has 2 aliphatic heterocycles. The Morgan fingerprint density at radius 2 is 1.80 bits per heavy atom. The number of aliphatic hydroxyl groups is 2. The van der Waals surface area contributed by atoms with E-state index in [0.29, 0.717) is 35.4 Å². The van der Waals surface area contributed by atoms with Gasteiger partial charge in [0.1, 0.15) is 11.5 Å². The SMILES string of the molecule is COc1ccc([C@@]2(O)c3c(ccc(/C=C/[C@]4(C)CC[C@@H](O)C(C)(C)O4)c3O)NC(=O)[C@@H]2OC)cc1. The van der Waals surface area contributed by atoms with Crippen LogP contribution in [0.3, 0.4) is 0 Å². The fourth-order valence-corrected chi connectivity index (χ4v) is 5.04. The molecule has 2 aliphatic rings. The van der Waals surface area contributed by atoms with Crippen molar-refractivity contribution in [1.29, 1.82) is 0 Å². The number of anilines is 1. The van der Waals surface area contributed by atoms with Gasteiger partial charge in [-0.15, -0.1) is 0 Å². The van der Waals surface area contributed by atoms with Crippen molar-refractivity contribution >= 4 is 17.7 Å². The number of rotatable bonds is 5. The molecule has 0 unspecified atom stereocenters. The number of aliphatic hydroxyl groups excluding tert-OH is 1. The van der Waals surface area contributed by atoms with E-state index in [9.17, 15) is 20.1 Å². The van der Waals surface area contributed by atoms with E-state index >= 15 is 0 Å². The van der Waals surface area contributed by atoms with Crippen LogP contribution in [0.1, 0.15) is 50.3 Å². The summed E-state index contributed by atoms with van der Waals surface area (Å²) in [6, 6.07) is 9.93. The largest absolute Gasteiger partial charge is 0.507 e. The average Bonchev–Trinajstić information content (AvgIpc) is 2.81. The smallest absolute Gasteiger partial charge is 0.257 e. The highest BCUT2D eigenvalue weighted by atomic mass is 16.5. The maximum atomic E-state index is 12.8. The molecule has 2 aromatic carbocycles. The van der Waals surface area contributed by atoms with Crippen molar-refractivity contribution in [2.45, 2.75) is 62.6 Å². The van der Waals surface area contributed by atoms with Crippen molar-refractivity contribution in [1.82, 2.24) is 0 Å². The van der Waals surface area contributed by atoms with E-state index in [1.165, 1.54) is 14.2 Å². The van der Waals surface area contributed by atoms with Crippen LogP contribution in [0.5, 0.6) is 11.5 Å². The molecule has 8 heteroatoms. The summed E-state index contributed by atoms with van der Waals surface area (Å²) >= 11 is 0. The van der Waals surface area contributed by atoms with Crippen LogP contribution in [-0.2, 0) is 19.9 Å². The van der Waals surface area contributed by atoms with Crippen LogP contribution in [0.2, 0.25) is 0 Å². The van der Waals surface area contributed by atoms with E-state index in [-0.39, 0.29) is 11.3 Å². The third-order valence-electron chi connectivity index (χ3n) is 7.06. The number of amides is 1. The molecule has 188 valence electrons. The van der Waals surface area contributed by atoms with E-state index in [1.54, 1.807) is 42.5 Å². The third kappa shape index (κ3) is 4.31. The summed E-state index contributed by atoms with van der Waals surface area (Å²) in [6.45, 7) is 5.63. The molecular formula is C27H33NO7. The van der Waals surface area contributed by atoms with Crippen LogP contribution >= 0.6 is 0 Å². The van der Waals surface area contributed by atoms with Crippen LogP contribution in [0.25, 0.3) is 6.08 Å². The first-order valence-electron chi connectivity index (χ1n) is 11.6. The molecule has 4 rings (SSSR count). The van der Waals surface area contributed by atoms with Gasteiger partial charge >= 0.3 is 0 Å². The van der Waals surface area contributed by atoms with Gasteiger partial charge in [-0.2, -0.15) is 0 Å². The molecule has 4 N–H and O–H groups in total. The van der Waals surface area contributed by atoms with Gasteiger partial charge in [0, 0.05) is 12.7 Å². The van der Waals surface area contributed by atoms with E-state index < -0.39 is 34.9 Å². The quantitative estimate of drug-likeness (QED) is 0.515. The summed E-state index contributed by atoms with van der Waals surface area (Å²) in [6.07, 6.45) is 2.92. The zero-order valence-corrected chi connectivity index (χ0v) is 20.7. The Hall–Kier alpha value is -2.91. The highest BCUT2D eigenvalue weighted by Crippen LogP contribution is 2.48. The molecule has 4 atom stereocenters. The zero-order valence-electron chi connectivity index (χ0n) is 20.7. The molecule has 2 aromatic rings.